The van der Waals surface area contributed by atoms with Crippen molar-refractivity contribution in [2.45, 2.75) is 43.8 Å². The second kappa shape index (κ2) is 9.15. The van der Waals surface area contributed by atoms with Crippen molar-refractivity contribution in [3.05, 3.63) is 23.8 Å². The predicted octanol–water partition coefficient (Wildman–Crippen LogP) is 2.50. The molecule has 162 valence electrons. The van der Waals surface area contributed by atoms with Crippen LogP contribution in [0.15, 0.2) is 18.2 Å². The quantitative estimate of drug-likeness (QED) is 0.503. The number of fused-ring (bicyclic) bond motifs is 1. The zero-order chi connectivity index (χ0) is 21.3. The van der Waals surface area contributed by atoms with Gasteiger partial charge in [-0.15, -0.1) is 21.8 Å². The number of anilines is 2. The minimum atomic E-state index is -0.0913. The van der Waals surface area contributed by atoms with E-state index >= 15 is 0 Å². The second-order valence-corrected chi connectivity index (χ2v) is 9.75. The maximum absolute atomic E-state index is 11.7. The van der Waals surface area contributed by atoms with Crippen LogP contribution in [0.1, 0.15) is 25.3 Å². The van der Waals surface area contributed by atoms with Crippen LogP contribution in [-0.2, 0) is 11.3 Å². The van der Waals surface area contributed by atoms with E-state index in [0.29, 0.717) is 12.0 Å². The Morgan fingerprint density at radius 2 is 2.17 bits per heavy atom. The molecule has 0 spiro atoms. The molecule has 1 aliphatic heterocycles. The fraction of sp³-hybridized carbons (Fsp3) is 0.550. The number of carbonyl (C=O) groups excluding carboxylic acids is 1. The molecule has 1 aromatic carbocycles. The van der Waals surface area contributed by atoms with Gasteiger partial charge in [0.15, 0.2) is 0 Å². The van der Waals surface area contributed by atoms with E-state index in [1.54, 1.807) is 0 Å². The van der Waals surface area contributed by atoms with Gasteiger partial charge in [0.05, 0.1) is 5.38 Å². The molecule has 2 aliphatic rings. The number of nitrogens with zero attached hydrogens (tertiary/aromatic N) is 3. The van der Waals surface area contributed by atoms with Gasteiger partial charge >= 0.3 is 0 Å². The summed E-state index contributed by atoms with van der Waals surface area (Å²) in [6.45, 7) is 3.15. The van der Waals surface area contributed by atoms with Crippen molar-refractivity contribution in [2.75, 3.05) is 31.3 Å². The molecule has 1 saturated carbocycles. The third kappa shape index (κ3) is 4.76. The summed E-state index contributed by atoms with van der Waals surface area (Å²) in [5.41, 5.74) is 9.33. The van der Waals surface area contributed by atoms with Gasteiger partial charge in [-0.05, 0) is 38.6 Å². The maximum Gasteiger partial charge on any atom is 0.221 e. The van der Waals surface area contributed by atoms with E-state index in [-0.39, 0.29) is 17.3 Å². The first-order valence-corrected chi connectivity index (χ1v) is 11.4. The number of amides is 1. The number of benzene rings is 1. The molecule has 1 saturated heterocycles. The smallest absolute Gasteiger partial charge is 0.221 e. The first-order chi connectivity index (χ1) is 14.4. The van der Waals surface area contributed by atoms with E-state index in [4.69, 9.17) is 11.6 Å². The minimum absolute atomic E-state index is 0.0373. The molecule has 4 rings (SSSR count). The summed E-state index contributed by atoms with van der Waals surface area (Å²) >= 11 is 8.26. The number of nitrogens with one attached hydrogen (secondary N) is 4. The highest BCUT2D eigenvalue weighted by Crippen LogP contribution is 2.35. The number of aromatic nitrogens is 2. The van der Waals surface area contributed by atoms with E-state index in [1.807, 2.05) is 32.3 Å². The lowest BCUT2D eigenvalue weighted by molar-refractivity contribution is -0.114. The Labute approximate surface area is 185 Å². The van der Waals surface area contributed by atoms with Crippen LogP contribution in [0, 0.1) is 5.92 Å². The molecule has 10 heteroatoms. The molecule has 2 heterocycles. The molecule has 4 N–H and O–H groups in total. The van der Waals surface area contributed by atoms with Crippen molar-refractivity contribution >= 4 is 39.7 Å². The third-order valence-electron chi connectivity index (χ3n) is 5.61. The summed E-state index contributed by atoms with van der Waals surface area (Å²) < 4.78 is 0. The lowest BCUT2D eigenvalue weighted by Crippen LogP contribution is -2.47. The highest BCUT2D eigenvalue weighted by molar-refractivity contribution is 7.18. The van der Waals surface area contributed by atoms with E-state index in [9.17, 15) is 4.79 Å². The SMILES string of the molecule is CC(=O)Nc1cc(-c2nnc(NC3CCC4NNCC4C3Cl)s2)ccc1CN(C)C. The zero-order valence-corrected chi connectivity index (χ0v) is 19.0. The van der Waals surface area contributed by atoms with Crippen LogP contribution in [0.3, 0.4) is 0 Å². The average molecular weight is 450 g/mol. The number of carbonyl (C=O) groups is 1. The van der Waals surface area contributed by atoms with Crippen LogP contribution in [0.2, 0.25) is 0 Å². The highest BCUT2D eigenvalue weighted by atomic mass is 35.5. The lowest BCUT2D eigenvalue weighted by Gasteiger charge is -2.35. The Morgan fingerprint density at radius 1 is 1.33 bits per heavy atom. The van der Waals surface area contributed by atoms with Gasteiger partial charge in [-0.1, -0.05) is 23.5 Å². The van der Waals surface area contributed by atoms with Gasteiger partial charge in [0.1, 0.15) is 5.01 Å². The van der Waals surface area contributed by atoms with Gasteiger partial charge in [0.2, 0.25) is 11.0 Å². The molecular weight excluding hydrogens is 422 g/mol. The Morgan fingerprint density at radius 3 is 2.93 bits per heavy atom. The van der Waals surface area contributed by atoms with Crippen molar-refractivity contribution in [1.82, 2.24) is 25.9 Å². The van der Waals surface area contributed by atoms with Crippen molar-refractivity contribution in [1.29, 1.82) is 0 Å². The molecule has 1 aliphatic carbocycles. The number of rotatable bonds is 6. The molecule has 1 aromatic heterocycles. The zero-order valence-electron chi connectivity index (χ0n) is 17.4. The van der Waals surface area contributed by atoms with Crippen LogP contribution >= 0.6 is 22.9 Å². The van der Waals surface area contributed by atoms with Gasteiger partial charge in [-0.25, -0.2) is 0 Å². The number of hydrogen-bond acceptors (Lipinski definition) is 8. The van der Waals surface area contributed by atoms with Crippen LogP contribution in [-0.4, -0.2) is 59.1 Å². The Balaban J connectivity index is 1.50. The summed E-state index contributed by atoms with van der Waals surface area (Å²) in [7, 11) is 4.01. The minimum Gasteiger partial charge on any atom is -0.356 e. The Bertz CT molecular complexity index is 905. The van der Waals surface area contributed by atoms with Crippen molar-refractivity contribution in [2.24, 2.45) is 5.92 Å². The molecule has 2 fully saturated rings. The largest absolute Gasteiger partial charge is 0.356 e. The molecule has 0 bridgehead atoms. The third-order valence-corrected chi connectivity index (χ3v) is 7.14. The lowest BCUT2D eigenvalue weighted by atomic mass is 9.82. The first kappa shape index (κ1) is 21.5. The predicted molar refractivity (Wildman–Crippen MR) is 122 cm³/mol. The van der Waals surface area contributed by atoms with Crippen molar-refractivity contribution in [3.63, 3.8) is 0 Å². The van der Waals surface area contributed by atoms with Gasteiger partial charge in [0.25, 0.3) is 0 Å². The molecule has 1 amide bonds. The van der Waals surface area contributed by atoms with E-state index < -0.39 is 0 Å². The van der Waals surface area contributed by atoms with Crippen molar-refractivity contribution < 1.29 is 4.79 Å². The number of hydrazine groups is 1. The van der Waals surface area contributed by atoms with Crippen LogP contribution < -0.4 is 21.5 Å². The Kier molecular flexibility index (Phi) is 6.54. The topological polar surface area (TPSA) is 94.2 Å². The van der Waals surface area contributed by atoms with Crippen LogP contribution in [0.5, 0.6) is 0 Å². The van der Waals surface area contributed by atoms with Crippen LogP contribution in [0.4, 0.5) is 10.8 Å². The first-order valence-electron chi connectivity index (χ1n) is 10.2. The molecular formula is C20H28ClN7OS. The monoisotopic (exact) mass is 449 g/mol. The van der Waals surface area contributed by atoms with Gasteiger partial charge in [-0.3, -0.25) is 15.6 Å². The molecule has 2 aromatic rings. The molecule has 4 atom stereocenters. The van der Waals surface area contributed by atoms with Gasteiger partial charge < -0.3 is 15.5 Å². The standard InChI is InChI=1S/C20H28ClN7OS/c1-11(29)23-17-8-12(4-5-13(17)10-28(2)3)19-26-27-20(30-19)24-16-7-6-15-14(18(16)21)9-22-25-15/h4-5,8,14-16,18,22,25H,6-7,9-10H2,1-3H3,(H,23,29)(H,24,27). The molecule has 30 heavy (non-hydrogen) atoms. The van der Waals surface area contributed by atoms with E-state index in [2.05, 4.69) is 36.6 Å². The average Bonchev–Trinajstić information content (AvgIpc) is 3.34. The highest BCUT2D eigenvalue weighted by Gasteiger charge is 2.41. The fourth-order valence-electron chi connectivity index (χ4n) is 4.20. The molecule has 0 radical (unpaired) electrons. The Hall–Kier alpha value is -1.78. The number of halogens is 1. The summed E-state index contributed by atoms with van der Waals surface area (Å²) in [5, 5.41) is 16.8. The summed E-state index contributed by atoms with van der Waals surface area (Å²) in [4.78, 5) is 13.7. The van der Waals surface area contributed by atoms with Crippen LogP contribution in [0.25, 0.3) is 10.6 Å². The van der Waals surface area contributed by atoms with Crippen molar-refractivity contribution in [3.8, 4) is 10.6 Å². The van der Waals surface area contributed by atoms with Gasteiger partial charge in [0, 0.05) is 49.3 Å². The summed E-state index contributed by atoms with van der Waals surface area (Å²) in [6.07, 6.45) is 2.07. The fourth-order valence-corrected chi connectivity index (χ4v) is 5.45. The van der Waals surface area contributed by atoms with E-state index in [1.165, 1.54) is 18.3 Å². The van der Waals surface area contributed by atoms with Gasteiger partial charge in [-0.2, -0.15) is 0 Å². The molecule has 8 nitrogen and oxygen atoms in total. The second-order valence-electron chi connectivity index (χ2n) is 8.27. The normalized spacial score (nSPS) is 25.9. The molecule has 4 unspecified atom stereocenters. The summed E-state index contributed by atoms with van der Waals surface area (Å²) in [6, 6.07) is 6.65. The maximum atomic E-state index is 11.7. The number of hydrogen-bond donors (Lipinski definition) is 4. The number of alkyl halides is 1. The van der Waals surface area contributed by atoms with E-state index in [0.717, 1.165) is 52.9 Å². The summed E-state index contributed by atoms with van der Waals surface area (Å²) in [5.74, 6) is 0.321.